The van der Waals surface area contributed by atoms with E-state index >= 15 is 0 Å². The molecule has 0 radical (unpaired) electrons. The zero-order chi connectivity index (χ0) is 9.14. The summed E-state index contributed by atoms with van der Waals surface area (Å²) in [5, 5.41) is 2.71. The van der Waals surface area contributed by atoms with Crippen molar-refractivity contribution >= 4 is 11.8 Å². The molecule has 4 heteroatoms. The highest BCUT2D eigenvalue weighted by atomic mass is 16.2. The van der Waals surface area contributed by atoms with Crippen LogP contribution in [0.5, 0.6) is 0 Å². The summed E-state index contributed by atoms with van der Waals surface area (Å²) >= 11 is 0. The van der Waals surface area contributed by atoms with Crippen molar-refractivity contribution in [1.29, 1.82) is 0 Å². The van der Waals surface area contributed by atoms with Crippen molar-refractivity contribution in [2.24, 2.45) is 17.6 Å². The van der Waals surface area contributed by atoms with Crippen LogP contribution in [0.3, 0.4) is 0 Å². The van der Waals surface area contributed by atoms with Crippen LogP contribution in [0.15, 0.2) is 0 Å². The molecule has 0 aromatic heterocycles. The Hall–Kier alpha value is -1.06. The number of carbonyl (C=O) groups excluding carboxylic acids is 2. The van der Waals surface area contributed by atoms with Gasteiger partial charge >= 0.3 is 0 Å². The summed E-state index contributed by atoms with van der Waals surface area (Å²) in [5.41, 5.74) is 5.14. The first-order chi connectivity index (χ1) is 5.61. The fraction of sp³-hybridized carbons (Fsp3) is 0.750. The minimum atomic E-state index is -0.310. The lowest BCUT2D eigenvalue weighted by Crippen LogP contribution is -2.39. The number of hydrogen-bond acceptors (Lipinski definition) is 2. The van der Waals surface area contributed by atoms with Gasteiger partial charge in [0.2, 0.25) is 11.8 Å². The van der Waals surface area contributed by atoms with Gasteiger partial charge in [-0.15, -0.1) is 0 Å². The molecule has 0 aliphatic carbocycles. The Balaban J connectivity index is 2.51. The van der Waals surface area contributed by atoms with Crippen LogP contribution < -0.4 is 11.1 Å². The van der Waals surface area contributed by atoms with Crippen molar-refractivity contribution < 1.29 is 9.59 Å². The number of primary amides is 1. The lowest BCUT2D eigenvalue weighted by molar-refractivity contribution is -0.127. The smallest absolute Gasteiger partial charge is 0.220 e. The number of nitrogens with two attached hydrogens (primary N) is 1. The summed E-state index contributed by atoms with van der Waals surface area (Å²) in [6, 6.07) is 0. The first-order valence-electron chi connectivity index (χ1n) is 4.17. The molecule has 1 rings (SSSR count). The Kier molecular flexibility index (Phi) is 2.68. The van der Waals surface area contributed by atoms with Gasteiger partial charge < -0.3 is 11.1 Å². The number of nitrogens with one attached hydrogen (secondary N) is 1. The molecule has 2 amide bonds. The van der Waals surface area contributed by atoms with Crippen molar-refractivity contribution in [2.75, 3.05) is 6.54 Å². The second-order valence-corrected chi connectivity index (χ2v) is 3.29. The van der Waals surface area contributed by atoms with E-state index in [1.54, 1.807) is 6.92 Å². The third-order valence-electron chi connectivity index (χ3n) is 2.44. The Morgan fingerprint density at radius 2 is 2.42 bits per heavy atom. The van der Waals surface area contributed by atoms with Crippen LogP contribution in [-0.4, -0.2) is 18.4 Å². The molecule has 68 valence electrons. The largest absolute Gasteiger partial charge is 0.369 e. The summed E-state index contributed by atoms with van der Waals surface area (Å²) in [5.74, 6) is -0.332. The molecule has 0 spiro atoms. The summed E-state index contributed by atoms with van der Waals surface area (Å²) in [6.07, 6.45) is 1.29. The van der Waals surface area contributed by atoms with Gasteiger partial charge in [-0.2, -0.15) is 0 Å². The standard InChI is InChI=1S/C8H14N2O2/c1-5(8(9)12)6-2-3-10-7(11)4-6/h5-6H,2-4H2,1H3,(H2,9,12)(H,10,11). The SMILES string of the molecule is CC(C(N)=O)C1CCNC(=O)C1. The number of rotatable bonds is 2. The van der Waals surface area contributed by atoms with Gasteiger partial charge in [0.15, 0.2) is 0 Å². The molecule has 1 saturated heterocycles. The highest BCUT2D eigenvalue weighted by molar-refractivity contribution is 5.80. The maximum Gasteiger partial charge on any atom is 0.220 e. The molecule has 0 saturated carbocycles. The lowest BCUT2D eigenvalue weighted by atomic mass is 9.85. The predicted molar refractivity (Wildman–Crippen MR) is 44.1 cm³/mol. The molecular formula is C8H14N2O2. The maximum absolute atomic E-state index is 10.9. The van der Waals surface area contributed by atoms with Crippen molar-refractivity contribution in [2.45, 2.75) is 19.8 Å². The van der Waals surface area contributed by atoms with Gasteiger partial charge in [0.25, 0.3) is 0 Å². The quantitative estimate of drug-likeness (QED) is 0.593. The van der Waals surface area contributed by atoms with E-state index in [0.717, 1.165) is 6.42 Å². The molecule has 1 aliphatic heterocycles. The minimum Gasteiger partial charge on any atom is -0.369 e. The van der Waals surface area contributed by atoms with Gasteiger partial charge in [0.05, 0.1) is 0 Å². The zero-order valence-electron chi connectivity index (χ0n) is 7.17. The molecule has 0 aromatic carbocycles. The molecule has 2 atom stereocenters. The molecule has 1 fully saturated rings. The van der Waals surface area contributed by atoms with Gasteiger partial charge in [-0.25, -0.2) is 0 Å². The van der Waals surface area contributed by atoms with E-state index in [1.165, 1.54) is 0 Å². The van der Waals surface area contributed by atoms with E-state index in [4.69, 9.17) is 5.73 Å². The molecule has 1 heterocycles. The normalized spacial score (nSPS) is 26.1. The summed E-state index contributed by atoms with van der Waals surface area (Å²) in [6.45, 7) is 2.45. The third kappa shape index (κ3) is 1.96. The molecule has 0 bridgehead atoms. The van der Waals surface area contributed by atoms with E-state index in [-0.39, 0.29) is 23.7 Å². The molecular weight excluding hydrogens is 156 g/mol. The summed E-state index contributed by atoms with van der Waals surface area (Å²) < 4.78 is 0. The highest BCUT2D eigenvalue weighted by Crippen LogP contribution is 2.21. The topological polar surface area (TPSA) is 72.2 Å². The van der Waals surface area contributed by atoms with Crippen LogP contribution in [0.4, 0.5) is 0 Å². The fourth-order valence-electron chi connectivity index (χ4n) is 1.47. The second-order valence-electron chi connectivity index (χ2n) is 3.29. The fourth-order valence-corrected chi connectivity index (χ4v) is 1.47. The number of amides is 2. The average molecular weight is 170 g/mol. The Morgan fingerprint density at radius 1 is 1.75 bits per heavy atom. The van der Waals surface area contributed by atoms with Crippen LogP contribution in [0.25, 0.3) is 0 Å². The first kappa shape index (κ1) is 9.03. The molecule has 3 N–H and O–H groups in total. The van der Waals surface area contributed by atoms with Crippen molar-refractivity contribution in [3.8, 4) is 0 Å². The predicted octanol–water partition coefficient (Wildman–Crippen LogP) is -0.366. The Morgan fingerprint density at radius 3 is 2.92 bits per heavy atom. The highest BCUT2D eigenvalue weighted by Gasteiger charge is 2.27. The van der Waals surface area contributed by atoms with Crippen molar-refractivity contribution in [3.63, 3.8) is 0 Å². The van der Waals surface area contributed by atoms with Gasteiger partial charge in [-0.1, -0.05) is 6.92 Å². The van der Waals surface area contributed by atoms with Gasteiger partial charge in [-0.3, -0.25) is 9.59 Å². The Bertz CT molecular complexity index is 201. The van der Waals surface area contributed by atoms with Crippen LogP contribution >= 0.6 is 0 Å². The van der Waals surface area contributed by atoms with E-state index in [2.05, 4.69) is 5.32 Å². The number of piperidine rings is 1. The number of carbonyl (C=O) groups is 2. The summed E-state index contributed by atoms with van der Waals surface area (Å²) in [7, 11) is 0. The van der Waals surface area contributed by atoms with Crippen LogP contribution in [-0.2, 0) is 9.59 Å². The molecule has 12 heavy (non-hydrogen) atoms. The Labute approximate surface area is 71.5 Å². The van der Waals surface area contributed by atoms with Crippen LogP contribution in [0.2, 0.25) is 0 Å². The van der Waals surface area contributed by atoms with E-state index in [1.807, 2.05) is 0 Å². The summed E-state index contributed by atoms with van der Waals surface area (Å²) in [4.78, 5) is 21.7. The minimum absolute atomic E-state index is 0.0272. The van der Waals surface area contributed by atoms with Crippen molar-refractivity contribution in [3.05, 3.63) is 0 Å². The van der Waals surface area contributed by atoms with Gasteiger partial charge in [-0.05, 0) is 12.3 Å². The third-order valence-corrected chi connectivity index (χ3v) is 2.44. The molecule has 2 unspecified atom stereocenters. The van der Waals surface area contributed by atoms with Crippen molar-refractivity contribution in [1.82, 2.24) is 5.32 Å². The first-order valence-corrected chi connectivity index (χ1v) is 4.17. The zero-order valence-corrected chi connectivity index (χ0v) is 7.17. The monoisotopic (exact) mass is 170 g/mol. The maximum atomic E-state index is 10.9. The second kappa shape index (κ2) is 3.56. The molecule has 1 aliphatic rings. The van der Waals surface area contributed by atoms with E-state index < -0.39 is 0 Å². The lowest BCUT2D eigenvalue weighted by Gasteiger charge is -2.25. The van der Waals surface area contributed by atoms with E-state index in [9.17, 15) is 9.59 Å². The average Bonchev–Trinajstić information content (AvgIpc) is 2.03. The van der Waals surface area contributed by atoms with Crippen LogP contribution in [0.1, 0.15) is 19.8 Å². The van der Waals surface area contributed by atoms with Crippen LogP contribution in [0, 0.1) is 11.8 Å². The van der Waals surface area contributed by atoms with Gasteiger partial charge in [0, 0.05) is 18.9 Å². The van der Waals surface area contributed by atoms with Gasteiger partial charge in [0.1, 0.15) is 0 Å². The molecule has 4 nitrogen and oxygen atoms in total. The number of hydrogen-bond donors (Lipinski definition) is 2. The molecule has 0 aromatic rings. The van der Waals surface area contributed by atoms with E-state index in [0.29, 0.717) is 13.0 Å².